The van der Waals surface area contributed by atoms with Crippen molar-refractivity contribution in [2.45, 2.75) is 60.9 Å². The Morgan fingerprint density at radius 1 is 1.27 bits per heavy atom. The van der Waals surface area contributed by atoms with Crippen molar-refractivity contribution in [3.8, 4) is 0 Å². The number of carbonyl (C=O) groups excluding carboxylic acids is 1. The number of carbonyl (C=O) groups is 1. The van der Waals surface area contributed by atoms with Gasteiger partial charge < -0.3 is 10.2 Å². The van der Waals surface area contributed by atoms with Crippen molar-refractivity contribution in [3.63, 3.8) is 0 Å². The van der Waals surface area contributed by atoms with Crippen molar-refractivity contribution in [1.29, 1.82) is 0 Å². The first-order chi connectivity index (χ1) is 10.5. The number of amides is 1. The molecule has 2 fully saturated rings. The van der Waals surface area contributed by atoms with Gasteiger partial charge in [-0.25, -0.2) is 0 Å². The molecule has 5 heteroatoms. The quantitative estimate of drug-likeness (QED) is 0.852. The van der Waals surface area contributed by atoms with Gasteiger partial charge in [0, 0.05) is 35.1 Å². The minimum Gasteiger partial charge on any atom is -0.342 e. The molecule has 2 heterocycles. The number of rotatable bonds is 4. The lowest BCUT2D eigenvalue weighted by Crippen LogP contribution is -2.50. The summed E-state index contributed by atoms with van der Waals surface area (Å²) in [5.41, 5.74) is 0. The molecule has 3 atom stereocenters. The molecule has 0 aliphatic carbocycles. The van der Waals surface area contributed by atoms with Gasteiger partial charge in [-0.05, 0) is 56.9 Å². The monoisotopic (exact) mass is 338 g/mol. The Kier molecular flexibility index (Phi) is 5.00. The van der Waals surface area contributed by atoms with Gasteiger partial charge in [0.25, 0.3) is 0 Å². The molecule has 2 saturated heterocycles. The van der Waals surface area contributed by atoms with Crippen LogP contribution in [0.2, 0.25) is 5.02 Å². The van der Waals surface area contributed by atoms with Gasteiger partial charge in [0.1, 0.15) is 0 Å². The zero-order chi connectivity index (χ0) is 15.7. The lowest BCUT2D eigenvalue weighted by atomic mass is 9.98. The van der Waals surface area contributed by atoms with Crippen LogP contribution in [0.5, 0.6) is 0 Å². The van der Waals surface area contributed by atoms with Crippen molar-refractivity contribution < 1.29 is 4.79 Å². The first kappa shape index (κ1) is 16.2. The fourth-order valence-corrected chi connectivity index (χ4v) is 4.67. The molecule has 3 rings (SSSR count). The van der Waals surface area contributed by atoms with E-state index >= 15 is 0 Å². The van der Waals surface area contributed by atoms with Crippen LogP contribution in [-0.4, -0.2) is 41.2 Å². The van der Waals surface area contributed by atoms with Crippen LogP contribution >= 0.6 is 23.4 Å². The van der Waals surface area contributed by atoms with E-state index in [0.717, 1.165) is 22.8 Å². The van der Waals surface area contributed by atoms with E-state index in [4.69, 9.17) is 11.6 Å². The Bertz CT molecular complexity index is 524. The third-order valence-corrected chi connectivity index (χ3v) is 6.17. The van der Waals surface area contributed by atoms with Crippen LogP contribution in [0.1, 0.15) is 32.6 Å². The number of thioether (sulfide) groups is 1. The highest BCUT2D eigenvalue weighted by Gasteiger charge is 2.37. The maximum Gasteiger partial charge on any atom is 0.235 e. The van der Waals surface area contributed by atoms with E-state index in [1.165, 1.54) is 12.8 Å². The van der Waals surface area contributed by atoms with Gasteiger partial charge in [-0.15, -0.1) is 11.8 Å². The van der Waals surface area contributed by atoms with Crippen molar-refractivity contribution >= 4 is 29.3 Å². The summed E-state index contributed by atoms with van der Waals surface area (Å²) in [7, 11) is 1.97. The summed E-state index contributed by atoms with van der Waals surface area (Å²) >= 11 is 7.51. The van der Waals surface area contributed by atoms with Crippen LogP contribution in [0.15, 0.2) is 29.2 Å². The fraction of sp³-hybridized carbons (Fsp3) is 0.588. The predicted octanol–water partition coefficient (Wildman–Crippen LogP) is 3.56. The molecule has 1 aromatic carbocycles. The molecule has 2 aliphatic rings. The summed E-state index contributed by atoms with van der Waals surface area (Å²) in [6.07, 6.45) is 4.71. The number of hydrogen-bond donors (Lipinski definition) is 1. The van der Waals surface area contributed by atoms with E-state index in [-0.39, 0.29) is 11.2 Å². The molecular formula is C17H23ClN2OS. The maximum atomic E-state index is 12.7. The molecular weight excluding hydrogens is 316 g/mol. The molecule has 1 amide bonds. The van der Waals surface area contributed by atoms with Crippen LogP contribution in [0.4, 0.5) is 0 Å². The van der Waals surface area contributed by atoms with E-state index in [0.29, 0.717) is 18.1 Å². The molecule has 0 aromatic heterocycles. The second kappa shape index (κ2) is 6.81. The molecule has 3 unspecified atom stereocenters. The zero-order valence-electron chi connectivity index (χ0n) is 13.1. The molecule has 0 spiro atoms. The molecule has 120 valence electrons. The van der Waals surface area contributed by atoms with E-state index in [9.17, 15) is 4.79 Å². The van der Waals surface area contributed by atoms with Crippen LogP contribution in [0.3, 0.4) is 0 Å². The Hall–Kier alpha value is -0.710. The van der Waals surface area contributed by atoms with Gasteiger partial charge in [0.05, 0.1) is 5.25 Å². The Morgan fingerprint density at radius 2 is 1.86 bits per heavy atom. The highest BCUT2D eigenvalue weighted by Crippen LogP contribution is 2.31. The van der Waals surface area contributed by atoms with Gasteiger partial charge in [-0.2, -0.15) is 0 Å². The predicted molar refractivity (Wildman–Crippen MR) is 92.5 cm³/mol. The number of piperidine rings is 1. The second-order valence-electron chi connectivity index (χ2n) is 6.43. The Labute approximate surface area is 141 Å². The Balaban J connectivity index is 1.58. The molecule has 0 saturated carbocycles. The number of benzene rings is 1. The number of hydrogen-bond acceptors (Lipinski definition) is 3. The van der Waals surface area contributed by atoms with Crippen LogP contribution in [0, 0.1) is 0 Å². The molecule has 2 bridgehead atoms. The van der Waals surface area contributed by atoms with E-state index in [1.807, 2.05) is 43.1 Å². The van der Waals surface area contributed by atoms with Gasteiger partial charge in [0.15, 0.2) is 0 Å². The van der Waals surface area contributed by atoms with E-state index in [2.05, 4.69) is 5.32 Å². The van der Waals surface area contributed by atoms with Crippen molar-refractivity contribution in [3.05, 3.63) is 29.3 Å². The van der Waals surface area contributed by atoms with Gasteiger partial charge in [0.2, 0.25) is 5.91 Å². The highest BCUT2D eigenvalue weighted by atomic mass is 35.5. The zero-order valence-corrected chi connectivity index (χ0v) is 14.7. The average molecular weight is 339 g/mol. The van der Waals surface area contributed by atoms with Crippen LogP contribution in [-0.2, 0) is 4.79 Å². The molecule has 1 N–H and O–H groups in total. The summed E-state index contributed by atoms with van der Waals surface area (Å²) in [4.78, 5) is 15.8. The van der Waals surface area contributed by atoms with Crippen molar-refractivity contribution in [2.24, 2.45) is 0 Å². The highest BCUT2D eigenvalue weighted by molar-refractivity contribution is 8.00. The molecule has 22 heavy (non-hydrogen) atoms. The SMILES string of the molecule is CC(Sc1ccc(Cl)cc1)C(=O)N(C)C1CC2CCC(C1)N2. The van der Waals surface area contributed by atoms with E-state index < -0.39 is 0 Å². The topological polar surface area (TPSA) is 32.3 Å². The van der Waals surface area contributed by atoms with Crippen LogP contribution < -0.4 is 5.32 Å². The summed E-state index contributed by atoms with van der Waals surface area (Å²) in [6, 6.07) is 9.30. The fourth-order valence-electron chi connectivity index (χ4n) is 3.58. The summed E-state index contributed by atoms with van der Waals surface area (Å²) in [5, 5.41) is 4.29. The van der Waals surface area contributed by atoms with Gasteiger partial charge in [-0.3, -0.25) is 4.79 Å². The van der Waals surface area contributed by atoms with E-state index in [1.54, 1.807) is 11.8 Å². The number of halogens is 1. The third-order valence-electron chi connectivity index (χ3n) is 4.82. The lowest BCUT2D eigenvalue weighted by Gasteiger charge is -2.36. The molecule has 0 radical (unpaired) electrons. The standard InChI is InChI=1S/C17H23ClN2OS/c1-11(22-16-7-3-12(18)4-8-16)17(21)20(2)15-9-13-5-6-14(10-15)19-13/h3-4,7-8,11,13-15,19H,5-6,9-10H2,1-2H3. The smallest absolute Gasteiger partial charge is 0.235 e. The first-order valence-corrected chi connectivity index (χ1v) is 9.23. The third kappa shape index (κ3) is 3.61. The number of nitrogens with zero attached hydrogens (tertiary/aromatic N) is 1. The normalized spacial score (nSPS) is 28.4. The lowest BCUT2D eigenvalue weighted by molar-refractivity contribution is -0.131. The first-order valence-electron chi connectivity index (χ1n) is 7.98. The minimum absolute atomic E-state index is 0.0706. The minimum atomic E-state index is -0.0706. The number of nitrogens with one attached hydrogen (secondary N) is 1. The Morgan fingerprint density at radius 3 is 2.45 bits per heavy atom. The summed E-state index contributed by atoms with van der Waals surface area (Å²) < 4.78 is 0. The second-order valence-corrected chi connectivity index (χ2v) is 8.28. The summed E-state index contributed by atoms with van der Waals surface area (Å²) in [6.45, 7) is 1.99. The van der Waals surface area contributed by atoms with Gasteiger partial charge in [-0.1, -0.05) is 11.6 Å². The molecule has 1 aromatic rings. The largest absolute Gasteiger partial charge is 0.342 e. The van der Waals surface area contributed by atoms with Gasteiger partial charge >= 0.3 is 0 Å². The summed E-state index contributed by atoms with van der Waals surface area (Å²) in [5.74, 6) is 0.228. The van der Waals surface area contributed by atoms with Crippen molar-refractivity contribution in [2.75, 3.05) is 7.05 Å². The molecule has 3 nitrogen and oxygen atoms in total. The number of fused-ring (bicyclic) bond motifs is 2. The van der Waals surface area contributed by atoms with Crippen LogP contribution in [0.25, 0.3) is 0 Å². The molecule has 2 aliphatic heterocycles. The maximum absolute atomic E-state index is 12.7. The average Bonchev–Trinajstić information content (AvgIpc) is 2.86. The van der Waals surface area contributed by atoms with Crippen molar-refractivity contribution in [1.82, 2.24) is 10.2 Å².